The van der Waals surface area contributed by atoms with Crippen LogP contribution in [-0.2, 0) is 30.8 Å². The predicted octanol–water partition coefficient (Wildman–Crippen LogP) is 3.69. The third-order valence-electron chi connectivity index (χ3n) is 8.17. The van der Waals surface area contributed by atoms with Gasteiger partial charge in [-0.25, -0.2) is 9.55 Å². The van der Waals surface area contributed by atoms with Crippen LogP contribution in [0.3, 0.4) is 0 Å². The summed E-state index contributed by atoms with van der Waals surface area (Å²) in [6, 6.07) is 6.20. The summed E-state index contributed by atoms with van der Waals surface area (Å²) in [5.41, 5.74) is 5.36. The van der Waals surface area contributed by atoms with Crippen LogP contribution in [0.25, 0.3) is 0 Å². The molecular weight excluding hydrogens is 558 g/mol. The highest BCUT2D eigenvalue weighted by Crippen LogP contribution is 2.47. The summed E-state index contributed by atoms with van der Waals surface area (Å²) in [7, 11) is 1.57. The van der Waals surface area contributed by atoms with Crippen molar-refractivity contribution in [2.45, 2.75) is 58.3 Å². The van der Waals surface area contributed by atoms with Gasteiger partial charge in [0.1, 0.15) is 32.1 Å². The second-order valence-corrected chi connectivity index (χ2v) is 10.9. The van der Waals surface area contributed by atoms with E-state index < -0.39 is 11.0 Å². The second-order valence-electron chi connectivity index (χ2n) is 10.9. The largest absolute Gasteiger partial charge is 0.493 e. The zero-order chi connectivity index (χ0) is 30.1. The molecule has 3 aliphatic heterocycles. The number of methoxy groups -OCH3 is 1. The van der Waals surface area contributed by atoms with Gasteiger partial charge in [0, 0.05) is 37.2 Å². The molecule has 4 heterocycles. The molecular formula is C30H35N5O8. The van der Waals surface area contributed by atoms with Crippen LogP contribution in [-0.4, -0.2) is 70.5 Å². The summed E-state index contributed by atoms with van der Waals surface area (Å²) in [4.78, 5) is 22.8. The lowest BCUT2D eigenvalue weighted by atomic mass is 9.82. The first kappa shape index (κ1) is 28.7. The van der Waals surface area contributed by atoms with Crippen LogP contribution in [0, 0.1) is 17.0 Å². The van der Waals surface area contributed by atoms with Crippen molar-refractivity contribution in [1.82, 2.24) is 14.5 Å². The minimum absolute atomic E-state index is 0.0345. The molecule has 0 amide bonds. The van der Waals surface area contributed by atoms with E-state index in [2.05, 4.69) is 27.2 Å². The molecule has 228 valence electrons. The number of aryl methyl sites for hydroxylation is 1. The first-order valence-electron chi connectivity index (χ1n) is 14.4. The fourth-order valence-corrected chi connectivity index (χ4v) is 6.06. The first-order valence-corrected chi connectivity index (χ1v) is 14.4. The molecule has 0 bridgehead atoms. The molecule has 13 heteroatoms. The molecule has 3 aliphatic rings. The van der Waals surface area contributed by atoms with E-state index in [1.54, 1.807) is 20.2 Å². The molecule has 13 nitrogen and oxygen atoms in total. The summed E-state index contributed by atoms with van der Waals surface area (Å²) in [5.74, 6) is 2.86. The minimum Gasteiger partial charge on any atom is -0.493 e. The molecule has 2 atom stereocenters. The molecule has 1 N–H and O–H groups in total. The highest BCUT2D eigenvalue weighted by atomic mass is 16.7. The topological polar surface area (TPSA) is 143 Å². The standard InChI is InChI=1S/C30H35N5O8/c1-4-7-43-32-12-20-9-28(39-3)30(40-16-21(36)14-34-18(2)31-13-29(34)35(37)38)24-15-33-6-5-19-8-26-27(42-17-41-26)11-23(19)25(33)10-22(20)24/h8-9,11-13,21,25,36H,4-7,10,14-17H2,1-3H3/b32-12+. The maximum Gasteiger partial charge on any atom is 0.342 e. The fourth-order valence-electron chi connectivity index (χ4n) is 6.06. The summed E-state index contributed by atoms with van der Waals surface area (Å²) in [6.07, 6.45) is 4.29. The van der Waals surface area contributed by atoms with Crippen LogP contribution >= 0.6 is 0 Å². The number of imidazole rings is 1. The Balaban J connectivity index is 1.32. The van der Waals surface area contributed by atoms with Crippen molar-refractivity contribution in [3.63, 3.8) is 0 Å². The molecule has 0 spiro atoms. The van der Waals surface area contributed by atoms with Crippen LogP contribution in [0.1, 0.15) is 53.0 Å². The predicted molar refractivity (Wildman–Crippen MR) is 155 cm³/mol. The van der Waals surface area contributed by atoms with Crippen molar-refractivity contribution >= 4 is 12.0 Å². The minimum atomic E-state index is -1.03. The number of ether oxygens (including phenoxy) is 4. The van der Waals surface area contributed by atoms with E-state index in [-0.39, 0.29) is 31.8 Å². The van der Waals surface area contributed by atoms with Gasteiger partial charge in [0.15, 0.2) is 28.8 Å². The number of nitrogens with zero attached hydrogens (tertiary/aromatic N) is 5. The zero-order valence-electron chi connectivity index (χ0n) is 24.4. The highest BCUT2D eigenvalue weighted by molar-refractivity contribution is 5.84. The van der Waals surface area contributed by atoms with Gasteiger partial charge in [-0.05, 0) is 59.1 Å². The third-order valence-corrected chi connectivity index (χ3v) is 8.17. The number of oxime groups is 1. The first-order chi connectivity index (χ1) is 20.9. The number of fused-ring (bicyclic) bond motifs is 5. The maximum absolute atomic E-state index is 11.4. The van der Waals surface area contributed by atoms with Gasteiger partial charge in [-0.2, -0.15) is 0 Å². The summed E-state index contributed by atoms with van der Waals surface area (Å²) >= 11 is 0. The normalized spacial score (nSPS) is 17.7. The zero-order valence-corrected chi connectivity index (χ0v) is 24.4. The molecule has 2 aromatic carbocycles. The van der Waals surface area contributed by atoms with Gasteiger partial charge >= 0.3 is 5.82 Å². The van der Waals surface area contributed by atoms with Gasteiger partial charge in [0.05, 0.1) is 13.3 Å². The highest BCUT2D eigenvalue weighted by Gasteiger charge is 2.37. The van der Waals surface area contributed by atoms with Crippen molar-refractivity contribution < 1.29 is 33.8 Å². The van der Waals surface area contributed by atoms with E-state index in [1.807, 2.05) is 13.0 Å². The Kier molecular flexibility index (Phi) is 8.08. The molecule has 0 radical (unpaired) electrons. The van der Waals surface area contributed by atoms with Crippen molar-refractivity contribution in [3.05, 3.63) is 68.2 Å². The van der Waals surface area contributed by atoms with Gasteiger partial charge < -0.3 is 39.0 Å². The molecule has 2 unspecified atom stereocenters. The van der Waals surface area contributed by atoms with E-state index >= 15 is 0 Å². The Bertz CT molecular complexity index is 1550. The van der Waals surface area contributed by atoms with E-state index in [9.17, 15) is 15.2 Å². The summed E-state index contributed by atoms with van der Waals surface area (Å²) in [6.45, 7) is 5.74. The molecule has 0 fully saturated rings. The number of rotatable bonds is 11. The molecule has 0 aliphatic carbocycles. The summed E-state index contributed by atoms with van der Waals surface area (Å²) < 4.78 is 24.7. The van der Waals surface area contributed by atoms with Gasteiger partial charge in [-0.3, -0.25) is 4.90 Å². The lowest BCUT2D eigenvalue weighted by Crippen LogP contribution is -2.40. The number of hydrogen-bond donors (Lipinski definition) is 1. The number of aromatic nitrogens is 2. The Labute approximate surface area is 248 Å². The fraction of sp³-hybridized carbons (Fsp3) is 0.467. The van der Waals surface area contributed by atoms with Gasteiger partial charge in [0.25, 0.3) is 0 Å². The number of nitro groups is 1. The van der Waals surface area contributed by atoms with Crippen LogP contribution in [0.4, 0.5) is 5.82 Å². The SMILES string of the molecule is CCCO/N=C/c1cc(OC)c(OCC(O)Cn2c([N+](=O)[O-])cnc2C)c2c1CC1c3cc4c(cc3CCN1C2)OCO4. The van der Waals surface area contributed by atoms with E-state index in [0.717, 1.165) is 47.6 Å². The van der Waals surface area contributed by atoms with Gasteiger partial charge in [0.2, 0.25) is 6.79 Å². The monoisotopic (exact) mass is 593 g/mol. The average Bonchev–Trinajstić information content (AvgIpc) is 3.62. The molecule has 43 heavy (non-hydrogen) atoms. The quantitative estimate of drug-likeness (QED) is 0.151. The van der Waals surface area contributed by atoms with Crippen molar-refractivity contribution in [2.24, 2.45) is 5.16 Å². The lowest BCUT2D eigenvalue weighted by molar-refractivity contribution is -0.392. The van der Waals surface area contributed by atoms with Crippen LogP contribution in [0.2, 0.25) is 0 Å². The third kappa shape index (κ3) is 5.57. The average molecular weight is 594 g/mol. The maximum atomic E-state index is 11.4. The van der Waals surface area contributed by atoms with Crippen molar-refractivity contribution in [1.29, 1.82) is 0 Å². The number of hydrogen-bond acceptors (Lipinski definition) is 11. The Morgan fingerprint density at radius 1 is 1.28 bits per heavy atom. The molecule has 0 saturated carbocycles. The number of aliphatic hydroxyl groups is 1. The Morgan fingerprint density at radius 2 is 2.09 bits per heavy atom. The second kappa shape index (κ2) is 12.1. The van der Waals surface area contributed by atoms with E-state index in [0.29, 0.717) is 36.9 Å². The molecule has 1 aromatic heterocycles. The smallest absolute Gasteiger partial charge is 0.342 e. The summed E-state index contributed by atoms with van der Waals surface area (Å²) in [5, 5.41) is 26.5. The number of aliphatic hydroxyl groups excluding tert-OH is 1. The molecule has 3 aromatic rings. The molecule has 0 saturated heterocycles. The Morgan fingerprint density at radius 3 is 2.86 bits per heavy atom. The van der Waals surface area contributed by atoms with E-state index in [1.165, 1.54) is 21.9 Å². The number of benzene rings is 2. The van der Waals surface area contributed by atoms with Gasteiger partial charge in [-0.1, -0.05) is 12.1 Å². The lowest BCUT2D eigenvalue weighted by Gasteiger charge is -2.42. The molecule has 6 rings (SSSR count). The van der Waals surface area contributed by atoms with E-state index in [4.69, 9.17) is 23.8 Å². The van der Waals surface area contributed by atoms with Crippen molar-refractivity contribution in [3.8, 4) is 23.0 Å². The Hall–Kier alpha value is -4.36. The van der Waals surface area contributed by atoms with Crippen LogP contribution < -0.4 is 18.9 Å². The van der Waals surface area contributed by atoms with Gasteiger partial charge in [-0.15, -0.1) is 0 Å². The van der Waals surface area contributed by atoms with Crippen LogP contribution in [0.15, 0.2) is 29.6 Å². The van der Waals surface area contributed by atoms with Crippen molar-refractivity contribution in [2.75, 3.05) is 33.7 Å². The van der Waals surface area contributed by atoms with Crippen LogP contribution in [0.5, 0.6) is 23.0 Å².